The Morgan fingerprint density at radius 1 is 0.929 bits per heavy atom. The van der Waals surface area contributed by atoms with Crippen LogP contribution in [0.2, 0.25) is 0 Å². The molecule has 1 atom stereocenters. The number of benzene rings is 3. The molecule has 0 unspecified atom stereocenters. The number of anilines is 1. The SMILES string of the molecule is CCc1cccc(N[C@@H](c2ccccc2)c2nnc(-c3ccccc3F)o2)c1. The zero-order chi connectivity index (χ0) is 19.3. The Labute approximate surface area is 163 Å². The number of nitrogens with zero attached hydrogens (tertiary/aromatic N) is 2. The molecule has 0 saturated carbocycles. The molecule has 140 valence electrons. The van der Waals surface area contributed by atoms with Gasteiger partial charge in [0.25, 0.3) is 5.89 Å². The average molecular weight is 373 g/mol. The summed E-state index contributed by atoms with van der Waals surface area (Å²) in [7, 11) is 0. The van der Waals surface area contributed by atoms with E-state index >= 15 is 0 Å². The maximum absolute atomic E-state index is 14.1. The van der Waals surface area contributed by atoms with Crippen LogP contribution in [0.3, 0.4) is 0 Å². The van der Waals surface area contributed by atoms with Gasteiger partial charge in [-0.15, -0.1) is 10.2 Å². The highest BCUT2D eigenvalue weighted by atomic mass is 19.1. The summed E-state index contributed by atoms with van der Waals surface area (Å²) in [5, 5.41) is 11.8. The maximum atomic E-state index is 14.1. The summed E-state index contributed by atoms with van der Waals surface area (Å²) in [6, 6.07) is 24.1. The molecule has 3 aromatic carbocycles. The summed E-state index contributed by atoms with van der Waals surface area (Å²) < 4.78 is 20.0. The van der Waals surface area contributed by atoms with Crippen LogP contribution in [-0.4, -0.2) is 10.2 Å². The maximum Gasteiger partial charge on any atom is 0.250 e. The average Bonchev–Trinajstić information content (AvgIpc) is 3.23. The summed E-state index contributed by atoms with van der Waals surface area (Å²) in [5.41, 5.74) is 3.46. The van der Waals surface area contributed by atoms with E-state index in [1.807, 2.05) is 42.5 Å². The first-order valence-electron chi connectivity index (χ1n) is 9.23. The van der Waals surface area contributed by atoms with Gasteiger partial charge in [0.15, 0.2) is 0 Å². The first-order chi connectivity index (χ1) is 13.7. The summed E-state index contributed by atoms with van der Waals surface area (Å²) in [5.74, 6) is 0.155. The van der Waals surface area contributed by atoms with E-state index in [2.05, 4.69) is 34.6 Å². The minimum atomic E-state index is -0.391. The van der Waals surface area contributed by atoms with Gasteiger partial charge in [-0.25, -0.2) is 4.39 Å². The van der Waals surface area contributed by atoms with Crippen LogP contribution in [0.15, 0.2) is 83.3 Å². The minimum Gasteiger partial charge on any atom is -0.418 e. The molecule has 28 heavy (non-hydrogen) atoms. The number of aryl methyl sites for hydroxylation is 1. The molecule has 5 heteroatoms. The van der Waals surface area contributed by atoms with E-state index in [1.54, 1.807) is 18.2 Å². The Balaban J connectivity index is 1.71. The van der Waals surface area contributed by atoms with Crippen molar-refractivity contribution in [3.05, 3.63) is 102 Å². The van der Waals surface area contributed by atoms with Crippen LogP contribution < -0.4 is 5.32 Å². The van der Waals surface area contributed by atoms with Crippen LogP contribution in [-0.2, 0) is 6.42 Å². The monoisotopic (exact) mass is 373 g/mol. The normalized spacial score (nSPS) is 11.9. The predicted molar refractivity (Wildman–Crippen MR) is 107 cm³/mol. The van der Waals surface area contributed by atoms with Gasteiger partial charge in [-0.05, 0) is 41.8 Å². The van der Waals surface area contributed by atoms with Gasteiger partial charge in [-0.2, -0.15) is 0 Å². The summed E-state index contributed by atoms with van der Waals surface area (Å²) in [6.45, 7) is 2.12. The molecule has 4 nitrogen and oxygen atoms in total. The number of nitrogens with one attached hydrogen (secondary N) is 1. The van der Waals surface area contributed by atoms with Crippen molar-refractivity contribution < 1.29 is 8.81 Å². The molecule has 0 fully saturated rings. The zero-order valence-electron chi connectivity index (χ0n) is 15.5. The first-order valence-corrected chi connectivity index (χ1v) is 9.23. The molecule has 0 aliphatic carbocycles. The molecule has 1 N–H and O–H groups in total. The lowest BCUT2D eigenvalue weighted by Gasteiger charge is -2.17. The Morgan fingerprint density at radius 2 is 1.71 bits per heavy atom. The van der Waals surface area contributed by atoms with E-state index in [4.69, 9.17) is 4.42 Å². The highest BCUT2D eigenvalue weighted by molar-refractivity contribution is 5.54. The molecule has 4 aromatic rings. The van der Waals surface area contributed by atoms with Gasteiger partial charge in [-0.3, -0.25) is 0 Å². The lowest BCUT2D eigenvalue weighted by atomic mass is 10.1. The lowest BCUT2D eigenvalue weighted by Crippen LogP contribution is -2.13. The van der Waals surface area contributed by atoms with Crippen molar-refractivity contribution in [2.24, 2.45) is 0 Å². The zero-order valence-corrected chi connectivity index (χ0v) is 15.5. The van der Waals surface area contributed by atoms with E-state index in [0.717, 1.165) is 17.7 Å². The van der Waals surface area contributed by atoms with Gasteiger partial charge in [0, 0.05) is 5.69 Å². The van der Waals surface area contributed by atoms with Crippen molar-refractivity contribution in [1.29, 1.82) is 0 Å². The van der Waals surface area contributed by atoms with Gasteiger partial charge in [-0.1, -0.05) is 61.5 Å². The van der Waals surface area contributed by atoms with Gasteiger partial charge >= 0.3 is 0 Å². The lowest BCUT2D eigenvalue weighted by molar-refractivity contribution is 0.490. The third-order valence-electron chi connectivity index (χ3n) is 4.57. The van der Waals surface area contributed by atoms with E-state index in [0.29, 0.717) is 11.5 Å². The van der Waals surface area contributed by atoms with Crippen molar-refractivity contribution in [2.75, 3.05) is 5.32 Å². The van der Waals surface area contributed by atoms with Crippen molar-refractivity contribution in [2.45, 2.75) is 19.4 Å². The third kappa shape index (κ3) is 3.78. The highest BCUT2D eigenvalue weighted by Crippen LogP contribution is 2.29. The fourth-order valence-electron chi connectivity index (χ4n) is 3.08. The van der Waals surface area contributed by atoms with Crippen LogP contribution in [0.5, 0.6) is 0 Å². The van der Waals surface area contributed by atoms with Crippen LogP contribution in [0.1, 0.15) is 30.0 Å². The van der Waals surface area contributed by atoms with Crippen LogP contribution in [0.25, 0.3) is 11.5 Å². The number of hydrogen-bond donors (Lipinski definition) is 1. The second kappa shape index (κ2) is 8.05. The van der Waals surface area contributed by atoms with E-state index in [-0.39, 0.29) is 11.9 Å². The topological polar surface area (TPSA) is 51.0 Å². The standard InChI is InChI=1S/C23H20FN3O/c1-2-16-9-8-12-18(15-16)25-21(17-10-4-3-5-11-17)23-27-26-22(28-23)19-13-6-7-14-20(19)24/h3-15,21,25H,2H2,1H3/t21-/m0/s1. The molecule has 1 heterocycles. The molecule has 0 amide bonds. The first kappa shape index (κ1) is 17.9. The molecule has 0 spiro atoms. The Kier molecular flexibility index (Phi) is 5.15. The number of rotatable bonds is 6. The highest BCUT2D eigenvalue weighted by Gasteiger charge is 2.22. The molecular formula is C23H20FN3O. The van der Waals surface area contributed by atoms with Gasteiger partial charge < -0.3 is 9.73 Å². The van der Waals surface area contributed by atoms with E-state index < -0.39 is 5.82 Å². The molecule has 0 saturated heterocycles. The van der Waals surface area contributed by atoms with Gasteiger partial charge in [0.05, 0.1) is 5.56 Å². The molecular weight excluding hydrogens is 353 g/mol. The third-order valence-corrected chi connectivity index (χ3v) is 4.57. The van der Waals surface area contributed by atoms with E-state index in [1.165, 1.54) is 11.6 Å². The smallest absolute Gasteiger partial charge is 0.250 e. The molecule has 0 bridgehead atoms. The Bertz CT molecular complexity index is 1060. The quantitative estimate of drug-likeness (QED) is 0.475. The second-order valence-corrected chi connectivity index (χ2v) is 6.47. The van der Waals surface area contributed by atoms with Gasteiger partial charge in [0.1, 0.15) is 11.9 Å². The molecule has 1 aromatic heterocycles. The van der Waals surface area contributed by atoms with Crippen molar-refractivity contribution in [3.8, 4) is 11.5 Å². The van der Waals surface area contributed by atoms with Crippen molar-refractivity contribution >= 4 is 5.69 Å². The van der Waals surface area contributed by atoms with Crippen molar-refractivity contribution in [1.82, 2.24) is 10.2 Å². The summed E-state index contributed by atoms with van der Waals surface area (Å²) in [4.78, 5) is 0. The number of hydrogen-bond acceptors (Lipinski definition) is 4. The summed E-state index contributed by atoms with van der Waals surface area (Å²) in [6.07, 6.45) is 0.948. The number of aromatic nitrogens is 2. The van der Waals surface area contributed by atoms with Crippen LogP contribution >= 0.6 is 0 Å². The van der Waals surface area contributed by atoms with Crippen LogP contribution in [0.4, 0.5) is 10.1 Å². The van der Waals surface area contributed by atoms with Crippen molar-refractivity contribution in [3.63, 3.8) is 0 Å². The van der Waals surface area contributed by atoms with Gasteiger partial charge in [0.2, 0.25) is 5.89 Å². The minimum absolute atomic E-state index is 0.165. The van der Waals surface area contributed by atoms with E-state index in [9.17, 15) is 4.39 Å². The largest absolute Gasteiger partial charge is 0.418 e. The number of halogens is 1. The van der Waals surface area contributed by atoms with Crippen LogP contribution in [0, 0.1) is 5.82 Å². The summed E-state index contributed by atoms with van der Waals surface area (Å²) >= 11 is 0. The predicted octanol–water partition coefficient (Wildman–Crippen LogP) is 5.64. The Hall–Kier alpha value is -3.47. The Morgan fingerprint density at radius 3 is 2.50 bits per heavy atom. The molecule has 0 radical (unpaired) electrons. The second-order valence-electron chi connectivity index (χ2n) is 6.47. The fraction of sp³-hybridized carbons (Fsp3) is 0.130. The molecule has 0 aliphatic rings. The fourth-order valence-corrected chi connectivity index (χ4v) is 3.08. The molecule has 4 rings (SSSR count). The molecule has 0 aliphatic heterocycles.